The zero-order valence-corrected chi connectivity index (χ0v) is 12.8. The number of rotatable bonds is 4. The van der Waals surface area contributed by atoms with E-state index in [-0.39, 0.29) is 35.7 Å². The third-order valence-electron chi connectivity index (χ3n) is 3.32. The Morgan fingerprint density at radius 2 is 2.00 bits per heavy atom. The molecule has 0 spiro atoms. The molecule has 112 valence electrons. The quantitative estimate of drug-likeness (QED) is 0.343. The van der Waals surface area contributed by atoms with Gasteiger partial charge in [0.15, 0.2) is 5.12 Å². The van der Waals surface area contributed by atoms with Crippen molar-refractivity contribution in [3.8, 4) is 0 Å². The molecule has 0 saturated carbocycles. The molecule has 0 aromatic rings. The van der Waals surface area contributed by atoms with Crippen LogP contribution in [0.4, 0.5) is 0 Å². The fourth-order valence-electron chi connectivity index (χ4n) is 2.24. The molecule has 0 aromatic heterocycles. The van der Waals surface area contributed by atoms with Gasteiger partial charge in [-0.15, -0.1) is 0 Å². The maximum absolute atomic E-state index is 11.3. The van der Waals surface area contributed by atoms with E-state index in [1.807, 2.05) is 13.8 Å². The number of nitrogens with zero attached hydrogens (tertiary/aromatic N) is 3. The van der Waals surface area contributed by atoms with E-state index in [2.05, 4.69) is 10.0 Å². The molecule has 1 aliphatic heterocycles. The lowest BCUT2D eigenvalue weighted by Crippen LogP contribution is -2.49. The van der Waals surface area contributed by atoms with Crippen LogP contribution in [0.5, 0.6) is 0 Å². The molecule has 1 saturated heterocycles. The van der Waals surface area contributed by atoms with Crippen molar-refractivity contribution in [2.24, 2.45) is 17.0 Å². The number of carbonyl (C=O) groups excluding carboxylic acids is 2. The van der Waals surface area contributed by atoms with E-state index in [4.69, 9.17) is 15.0 Å². The molecule has 1 fully saturated rings. The second kappa shape index (κ2) is 7.52. The summed E-state index contributed by atoms with van der Waals surface area (Å²) in [4.78, 5) is 25.0. The Morgan fingerprint density at radius 3 is 2.50 bits per heavy atom. The van der Waals surface area contributed by atoms with Gasteiger partial charge in [0.2, 0.25) is 0 Å². The van der Waals surface area contributed by atoms with Crippen molar-refractivity contribution in [1.82, 2.24) is 0 Å². The fourth-order valence-corrected chi connectivity index (χ4v) is 3.14. The molecule has 8 heteroatoms. The lowest BCUT2D eigenvalue weighted by Gasteiger charge is -2.42. The number of hydrogen-bond acceptors (Lipinski definition) is 6. The zero-order valence-electron chi connectivity index (χ0n) is 12.0. The standard InChI is InChI=1S/C12H19N3O4S/c1-6-10(5-18-8(3)16)19-12(20-9(4)17)7(2)11(6)14-15-13/h6-7,10-12H,5H2,1-4H3/t6-,7?,10?,11-,12+/m0/s1. The van der Waals surface area contributed by atoms with Crippen molar-refractivity contribution in [2.45, 2.75) is 45.3 Å². The maximum atomic E-state index is 11.3. The number of hydrogen-bond donors (Lipinski definition) is 0. The van der Waals surface area contributed by atoms with Gasteiger partial charge >= 0.3 is 5.97 Å². The molecule has 0 amide bonds. The van der Waals surface area contributed by atoms with Crippen LogP contribution in [-0.4, -0.2) is 35.3 Å². The third-order valence-corrected chi connectivity index (χ3v) is 4.42. The van der Waals surface area contributed by atoms with Gasteiger partial charge in [0, 0.05) is 30.7 Å². The van der Waals surface area contributed by atoms with Gasteiger partial charge in [0.05, 0.1) is 6.10 Å². The van der Waals surface area contributed by atoms with E-state index in [1.165, 1.54) is 13.8 Å². The predicted octanol–water partition coefficient (Wildman–Crippen LogP) is 2.51. The maximum Gasteiger partial charge on any atom is 0.302 e. The molecule has 0 bridgehead atoms. The lowest BCUT2D eigenvalue weighted by atomic mass is 9.85. The molecule has 2 unspecified atom stereocenters. The van der Waals surface area contributed by atoms with E-state index >= 15 is 0 Å². The predicted molar refractivity (Wildman–Crippen MR) is 74.8 cm³/mol. The number of thioether (sulfide) groups is 1. The minimum Gasteiger partial charge on any atom is -0.463 e. The van der Waals surface area contributed by atoms with Crippen molar-refractivity contribution in [3.63, 3.8) is 0 Å². The van der Waals surface area contributed by atoms with Gasteiger partial charge in [-0.25, -0.2) is 0 Å². The first-order valence-corrected chi connectivity index (χ1v) is 7.25. The Hall–Kier alpha value is -1.24. The fraction of sp³-hybridized carbons (Fsp3) is 0.833. The van der Waals surface area contributed by atoms with Gasteiger partial charge in [-0.1, -0.05) is 30.7 Å². The number of ether oxygens (including phenoxy) is 2. The largest absolute Gasteiger partial charge is 0.463 e. The Balaban J connectivity index is 2.87. The van der Waals surface area contributed by atoms with Gasteiger partial charge in [-0.2, -0.15) is 0 Å². The van der Waals surface area contributed by atoms with Crippen LogP contribution in [0.2, 0.25) is 0 Å². The monoisotopic (exact) mass is 301 g/mol. The van der Waals surface area contributed by atoms with E-state index in [0.29, 0.717) is 0 Å². The highest BCUT2D eigenvalue weighted by Crippen LogP contribution is 2.37. The molecule has 7 nitrogen and oxygen atoms in total. The molecule has 0 aromatic carbocycles. The first kappa shape index (κ1) is 16.8. The van der Waals surface area contributed by atoms with Crippen LogP contribution in [0.15, 0.2) is 5.11 Å². The van der Waals surface area contributed by atoms with Crippen LogP contribution in [-0.2, 0) is 19.1 Å². The first-order chi connectivity index (χ1) is 9.36. The SMILES string of the molecule is CC(=O)OCC1O[C@H](SC(C)=O)C(C)[C@@H](N=[N+]=[N-])[C@H]1C. The zero-order chi connectivity index (χ0) is 15.3. The third kappa shape index (κ3) is 4.40. The molecule has 1 rings (SSSR count). The van der Waals surface area contributed by atoms with Crippen LogP contribution >= 0.6 is 11.8 Å². The minimum absolute atomic E-state index is 0.0673. The summed E-state index contributed by atoms with van der Waals surface area (Å²) in [6, 6.07) is -0.300. The molecule has 1 heterocycles. The molecule has 0 N–H and O–H groups in total. The summed E-state index contributed by atoms with van der Waals surface area (Å²) < 4.78 is 10.8. The molecular formula is C12H19N3O4S. The van der Waals surface area contributed by atoms with Crippen molar-refractivity contribution >= 4 is 22.8 Å². The van der Waals surface area contributed by atoms with E-state index in [0.717, 1.165) is 11.8 Å². The summed E-state index contributed by atoms with van der Waals surface area (Å²) in [6.45, 7) is 6.65. The minimum atomic E-state index is -0.403. The number of azide groups is 1. The average molecular weight is 301 g/mol. The summed E-state index contributed by atoms with van der Waals surface area (Å²) in [5.74, 6) is -0.581. The van der Waals surface area contributed by atoms with Gasteiger partial charge < -0.3 is 9.47 Å². The van der Waals surface area contributed by atoms with Gasteiger partial charge in [0.1, 0.15) is 12.0 Å². The van der Waals surface area contributed by atoms with Crippen LogP contribution < -0.4 is 0 Å². The summed E-state index contributed by atoms with van der Waals surface area (Å²) >= 11 is 1.07. The highest BCUT2D eigenvalue weighted by Gasteiger charge is 2.42. The Morgan fingerprint density at radius 1 is 1.35 bits per heavy atom. The molecular weight excluding hydrogens is 282 g/mol. The average Bonchev–Trinajstić information content (AvgIpc) is 2.35. The molecule has 1 aliphatic rings. The van der Waals surface area contributed by atoms with Crippen LogP contribution in [0.3, 0.4) is 0 Å². The molecule has 0 radical (unpaired) electrons. The summed E-state index contributed by atoms with van der Waals surface area (Å²) in [5, 5.41) is 3.75. The van der Waals surface area contributed by atoms with Crippen LogP contribution in [0, 0.1) is 11.8 Å². The number of esters is 1. The topological polar surface area (TPSA) is 101 Å². The van der Waals surface area contributed by atoms with Crippen LogP contribution in [0.1, 0.15) is 27.7 Å². The second-order valence-corrected chi connectivity index (χ2v) is 6.14. The molecule has 20 heavy (non-hydrogen) atoms. The van der Waals surface area contributed by atoms with Crippen molar-refractivity contribution in [2.75, 3.05) is 6.61 Å². The van der Waals surface area contributed by atoms with Gasteiger partial charge in [-0.3, -0.25) is 9.59 Å². The van der Waals surface area contributed by atoms with Crippen molar-refractivity contribution in [1.29, 1.82) is 0 Å². The van der Waals surface area contributed by atoms with Crippen LogP contribution in [0.25, 0.3) is 10.4 Å². The summed E-state index contributed by atoms with van der Waals surface area (Å²) in [7, 11) is 0. The van der Waals surface area contributed by atoms with E-state index in [1.54, 1.807) is 0 Å². The van der Waals surface area contributed by atoms with Crippen molar-refractivity contribution < 1.29 is 19.1 Å². The summed E-state index contributed by atoms with van der Waals surface area (Å²) in [5.41, 5.74) is 8.28. The first-order valence-electron chi connectivity index (χ1n) is 6.37. The highest BCUT2D eigenvalue weighted by molar-refractivity contribution is 8.14. The summed E-state index contributed by atoms with van der Waals surface area (Å²) in [6.07, 6.45) is -0.387. The van der Waals surface area contributed by atoms with Gasteiger partial charge in [0.25, 0.3) is 0 Å². The number of carbonyl (C=O) groups is 2. The highest BCUT2D eigenvalue weighted by atomic mass is 32.2. The molecule has 0 aliphatic carbocycles. The lowest BCUT2D eigenvalue weighted by molar-refractivity contribution is -0.153. The smallest absolute Gasteiger partial charge is 0.302 e. The molecule has 5 atom stereocenters. The Labute approximate surface area is 122 Å². The Bertz CT molecular complexity index is 425. The van der Waals surface area contributed by atoms with E-state index < -0.39 is 11.4 Å². The second-order valence-electron chi connectivity index (χ2n) is 4.87. The van der Waals surface area contributed by atoms with Crippen molar-refractivity contribution in [3.05, 3.63) is 10.4 Å². The normalized spacial score (nSPS) is 33.1. The van der Waals surface area contributed by atoms with Gasteiger partial charge in [-0.05, 0) is 11.4 Å². The van der Waals surface area contributed by atoms with E-state index in [9.17, 15) is 9.59 Å². The Kier molecular flexibility index (Phi) is 6.32.